The molecule has 1 saturated heterocycles. The highest BCUT2D eigenvalue weighted by Gasteiger charge is 2.21. The average molecular weight is 352 g/mol. The Morgan fingerprint density at radius 3 is 2.80 bits per heavy atom. The summed E-state index contributed by atoms with van der Waals surface area (Å²) in [4.78, 5) is 23.5. The summed E-state index contributed by atoms with van der Waals surface area (Å²) in [5.41, 5.74) is 7.79. The molecule has 0 spiro atoms. The molecule has 1 fully saturated rings. The van der Waals surface area contributed by atoms with Gasteiger partial charge in [-0.05, 0) is 18.6 Å². The molecule has 3 rings (SSSR count). The highest BCUT2D eigenvalue weighted by Crippen LogP contribution is 2.23. The van der Waals surface area contributed by atoms with Gasteiger partial charge in [-0.2, -0.15) is 0 Å². The predicted octanol–water partition coefficient (Wildman–Crippen LogP) is 1.17. The van der Waals surface area contributed by atoms with Gasteiger partial charge in [-0.15, -0.1) is 0 Å². The number of halogens is 2. The van der Waals surface area contributed by atoms with Gasteiger partial charge in [0.2, 0.25) is 5.43 Å². The van der Waals surface area contributed by atoms with Crippen molar-refractivity contribution >= 4 is 22.6 Å². The number of anilines is 1. The summed E-state index contributed by atoms with van der Waals surface area (Å²) >= 11 is 0. The fraction of sp³-hybridized carbons (Fsp3) is 0.375. The zero-order valence-electron chi connectivity index (χ0n) is 13.3. The van der Waals surface area contributed by atoms with Crippen LogP contribution < -0.4 is 16.6 Å². The SMILES string of the molecule is NC1CCN(Nc2cc3c(cc2F)c(=O)c(C(=O)O)cn3CCF)C1. The van der Waals surface area contributed by atoms with Gasteiger partial charge in [-0.3, -0.25) is 4.79 Å². The molecule has 0 aliphatic carbocycles. The lowest BCUT2D eigenvalue weighted by atomic mass is 10.1. The second-order valence-corrected chi connectivity index (χ2v) is 6.02. The van der Waals surface area contributed by atoms with Crippen LogP contribution in [-0.2, 0) is 6.54 Å². The van der Waals surface area contributed by atoms with E-state index >= 15 is 0 Å². The molecule has 0 bridgehead atoms. The quantitative estimate of drug-likeness (QED) is 0.747. The van der Waals surface area contributed by atoms with Gasteiger partial charge in [0.15, 0.2) is 0 Å². The molecule has 9 heteroatoms. The molecule has 7 nitrogen and oxygen atoms in total. The number of nitrogens with one attached hydrogen (secondary N) is 1. The monoisotopic (exact) mass is 352 g/mol. The van der Waals surface area contributed by atoms with Gasteiger partial charge >= 0.3 is 5.97 Å². The van der Waals surface area contributed by atoms with Crippen LogP contribution in [0.3, 0.4) is 0 Å². The van der Waals surface area contributed by atoms with Crippen LogP contribution in [0.25, 0.3) is 10.9 Å². The predicted molar refractivity (Wildman–Crippen MR) is 88.9 cm³/mol. The summed E-state index contributed by atoms with van der Waals surface area (Å²) in [7, 11) is 0. The highest BCUT2D eigenvalue weighted by molar-refractivity contribution is 5.93. The van der Waals surface area contributed by atoms with E-state index in [1.54, 1.807) is 5.01 Å². The van der Waals surface area contributed by atoms with Crippen molar-refractivity contribution in [1.29, 1.82) is 0 Å². The van der Waals surface area contributed by atoms with E-state index in [4.69, 9.17) is 10.8 Å². The Balaban J connectivity index is 2.11. The van der Waals surface area contributed by atoms with Crippen molar-refractivity contribution < 1.29 is 18.7 Å². The number of carbonyl (C=O) groups is 1. The number of benzene rings is 1. The van der Waals surface area contributed by atoms with E-state index in [0.29, 0.717) is 13.1 Å². The number of hydrogen-bond donors (Lipinski definition) is 3. The Morgan fingerprint density at radius 1 is 1.44 bits per heavy atom. The van der Waals surface area contributed by atoms with Gasteiger partial charge in [0.1, 0.15) is 18.1 Å². The van der Waals surface area contributed by atoms with E-state index in [-0.39, 0.29) is 29.2 Å². The first-order valence-electron chi connectivity index (χ1n) is 7.84. The smallest absolute Gasteiger partial charge is 0.341 e. The molecular weight excluding hydrogens is 334 g/mol. The third-order valence-electron chi connectivity index (χ3n) is 4.23. The summed E-state index contributed by atoms with van der Waals surface area (Å²) in [6.07, 6.45) is 1.86. The first-order chi connectivity index (χ1) is 11.9. The number of hydrazine groups is 1. The van der Waals surface area contributed by atoms with Crippen LogP contribution >= 0.6 is 0 Å². The van der Waals surface area contributed by atoms with Crippen LogP contribution in [0.15, 0.2) is 23.1 Å². The number of carboxylic acids is 1. The summed E-state index contributed by atoms with van der Waals surface area (Å²) in [5.74, 6) is -2.13. The number of nitrogens with two attached hydrogens (primary N) is 1. The topological polar surface area (TPSA) is 101 Å². The molecule has 2 aromatic rings. The number of nitrogens with zero attached hydrogens (tertiary/aromatic N) is 2. The van der Waals surface area contributed by atoms with Crippen molar-refractivity contribution in [3.8, 4) is 0 Å². The Bertz CT molecular complexity index is 884. The van der Waals surface area contributed by atoms with Gasteiger partial charge in [-0.1, -0.05) is 0 Å². The molecule has 1 aliphatic rings. The number of hydrogen-bond acceptors (Lipinski definition) is 5. The third-order valence-corrected chi connectivity index (χ3v) is 4.23. The third kappa shape index (κ3) is 3.33. The molecule has 1 unspecified atom stereocenters. The minimum atomic E-state index is -1.44. The molecule has 1 atom stereocenters. The van der Waals surface area contributed by atoms with Crippen molar-refractivity contribution in [2.24, 2.45) is 5.73 Å². The molecule has 0 saturated carbocycles. The molecule has 0 radical (unpaired) electrons. The van der Waals surface area contributed by atoms with Crippen molar-refractivity contribution in [3.63, 3.8) is 0 Å². The summed E-state index contributed by atoms with van der Waals surface area (Å²) in [6.45, 7) is 0.301. The lowest BCUT2D eigenvalue weighted by Crippen LogP contribution is -2.31. The highest BCUT2D eigenvalue weighted by atomic mass is 19.1. The molecule has 4 N–H and O–H groups in total. The van der Waals surface area contributed by atoms with Gasteiger partial charge in [0.05, 0.1) is 17.7 Å². The fourth-order valence-corrected chi connectivity index (χ4v) is 2.98. The normalized spacial score (nSPS) is 18.0. The summed E-state index contributed by atoms with van der Waals surface area (Å²) < 4.78 is 28.5. The minimum Gasteiger partial charge on any atom is -0.477 e. The average Bonchev–Trinajstić information content (AvgIpc) is 2.96. The van der Waals surface area contributed by atoms with E-state index in [1.165, 1.54) is 10.6 Å². The second kappa shape index (κ2) is 6.77. The standard InChI is InChI=1S/C16H18F2N4O3/c17-2-4-21-8-11(16(24)25)15(23)10-5-12(18)13(6-14(10)21)20-22-3-1-9(19)7-22/h5-6,8-9,20H,1-4,7,19H2,(H,24,25). The fourth-order valence-electron chi connectivity index (χ4n) is 2.98. The van der Waals surface area contributed by atoms with Gasteiger partial charge in [0.25, 0.3) is 0 Å². The first-order valence-corrected chi connectivity index (χ1v) is 7.84. The first kappa shape index (κ1) is 17.3. The second-order valence-electron chi connectivity index (χ2n) is 6.02. The maximum Gasteiger partial charge on any atom is 0.341 e. The van der Waals surface area contributed by atoms with Crippen LogP contribution in [0.1, 0.15) is 16.8 Å². The van der Waals surface area contributed by atoms with Crippen LogP contribution in [0.4, 0.5) is 14.5 Å². The molecule has 1 aromatic heterocycles. The number of pyridine rings is 1. The molecule has 1 aliphatic heterocycles. The Morgan fingerprint density at radius 2 is 2.20 bits per heavy atom. The molecule has 0 amide bonds. The van der Waals surface area contributed by atoms with E-state index < -0.39 is 29.5 Å². The van der Waals surface area contributed by atoms with Crippen molar-refractivity contribution in [2.75, 3.05) is 25.2 Å². The number of carboxylic acid groups (broad SMARTS) is 1. The van der Waals surface area contributed by atoms with Gasteiger partial charge < -0.3 is 20.8 Å². The maximum atomic E-state index is 14.4. The minimum absolute atomic E-state index is 0.00106. The van der Waals surface area contributed by atoms with Crippen LogP contribution in [0.2, 0.25) is 0 Å². The largest absolute Gasteiger partial charge is 0.477 e. The van der Waals surface area contributed by atoms with Crippen molar-refractivity contribution in [2.45, 2.75) is 19.0 Å². The van der Waals surface area contributed by atoms with E-state index in [9.17, 15) is 18.4 Å². The molecule has 25 heavy (non-hydrogen) atoms. The number of fused-ring (bicyclic) bond motifs is 1. The summed E-state index contributed by atoms with van der Waals surface area (Å²) in [6, 6.07) is 2.37. The lowest BCUT2D eigenvalue weighted by Gasteiger charge is -2.20. The van der Waals surface area contributed by atoms with Crippen molar-refractivity contribution in [1.82, 2.24) is 9.58 Å². The Labute approximate surface area is 141 Å². The van der Waals surface area contributed by atoms with Crippen LogP contribution in [-0.4, -0.2) is 46.5 Å². The summed E-state index contributed by atoms with van der Waals surface area (Å²) in [5, 5.41) is 10.8. The van der Waals surface area contributed by atoms with Gasteiger partial charge in [-0.25, -0.2) is 18.6 Å². The zero-order valence-corrected chi connectivity index (χ0v) is 13.3. The number of aromatic carboxylic acids is 1. The van der Waals surface area contributed by atoms with E-state index in [0.717, 1.165) is 18.7 Å². The molecule has 134 valence electrons. The number of rotatable bonds is 5. The molecule has 1 aromatic carbocycles. The Kier molecular flexibility index (Phi) is 4.69. The van der Waals surface area contributed by atoms with Crippen LogP contribution in [0.5, 0.6) is 0 Å². The Hall–Kier alpha value is -2.52. The zero-order chi connectivity index (χ0) is 18.1. The molecular formula is C16H18F2N4O3. The number of aryl methyl sites for hydroxylation is 1. The maximum absolute atomic E-state index is 14.4. The van der Waals surface area contributed by atoms with Crippen LogP contribution in [0, 0.1) is 5.82 Å². The molecule has 2 heterocycles. The lowest BCUT2D eigenvalue weighted by molar-refractivity contribution is 0.0694. The van der Waals surface area contributed by atoms with Crippen molar-refractivity contribution in [3.05, 3.63) is 39.9 Å². The van der Waals surface area contributed by atoms with E-state index in [1.807, 2.05) is 0 Å². The number of alkyl halides is 1. The van der Waals surface area contributed by atoms with Gasteiger partial charge in [0, 0.05) is 30.7 Å². The van der Waals surface area contributed by atoms with E-state index in [2.05, 4.69) is 5.43 Å². The number of aromatic nitrogens is 1.